The van der Waals surface area contributed by atoms with Gasteiger partial charge in [0, 0.05) is 19.1 Å². The Morgan fingerprint density at radius 2 is 1.95 bits per heavy atom. The quantitative estimate of drug-likeness (QED) is 0.830. The molecular weight excluding hydrogens is 274 g/mol. The Morgan fingerprint density at radius 1 is 1.30 bits per heavy atom. The van der Waals surface area contributed by atoms with E-state index < -0.39 is 10.0 Å². The largest absolute Gasteiger partial charge is 0.366 e. The van der Waals surface area contributed by atoms with Crippen molar-refractivity contribution in [3.8, 4) is 0 Å². The second kappa shape index (κ2) is 6.56. The first-order valence-corrected chi connectivity index (χ1v) is 8.57. The second-order valence-corrected chi connectivity index (χ2v) is 6.95. The summed E-state index contributed by atoms with van der Waals surface area (Å²) in [7, 11) is -2.01. The van der Waals surface area contributed by atoms with Crippen molar-refractivity contribution in [3.63, 3.8) is 0 Å². The Bertz CT molecular complexity index is 539. The molecule has 0 unspecified atom stereocenters. The first-order valence-electron chi connectivity index (χ1n) is 7.09. The molecule has 0 spiro atoms. The lowest BCUT2D eigenvalue weighted by Gasteiger charge is -2.32. The fourth-order valence-corrected chi connectivity index (χ4v) is 3.82. The summed E-state index contributed by atoms with van der Waals surface area (Å²) < 4.78 is 26.8. The van der Waals surface area contributed by atoms with Crippen LogP contribution in [0.1, 0.15) is 25.7 Å². The van der Waals surface area contributed by atoms with Gasteiger partial charge in [-0.25, -0.2) is 13.1 Å². The minimum atomic E-state index is -3.45. The third kappa shape index (κ3) is 3.13. The maximum Gasteiger partial charge on any atom is 0.242 e. The highest BCUT2D eigenvalue weighted by Gasteiger charge is 2.26. The van der Waals surface area contributed by atoms with Crippen molar-refractivity contribution >= 4 is 15.7 Å². The zero-order chi connectivity index (χ0) is 14.6. The van der Waals surface area contributed by atoms with Gasteiger partial charge in [-0.2, -0.15) is 0 Å². The van der Waals surface area contributed by atoms with Crippen LogP contribution >= 0.6 is 0 Å². The number of para-hydroxylation sites is 1. The van der Waals surface area contributed by atoms with Gasteiger partial charge in [0.25, 0.3) is 0 Å². The van der Waals surface area contributed by atoms with Gasteiger partial charge in [-0.05, 0) is 32.0 Å². The lowest BCUT2D eigenvalue weighted by Crippen LogP contribution is -2.38. The van der Waals surface area contributed by atoms with E-state index in [0.717, 1.165) is 18.5 Å². The fourth-order valence-electron chi connectivity index (χ4n) is 2.89. The van der Waals surface area contributed by atoms with Gasteiger partial charge in [-0.1, -0.05) is 25.0 Å². The van der Waals surface area contributed by atoms with E-state index in [1.54, 1.807) is 12.1 Å². The summed E-state index contributed by atoms with van der Waals surface area (Å²) in [5, 5.41) is 0. The van der Waals surface area contributed by atoms with E-state index in [-0.39, 0.29) is 0 Å². The number of anilines is 1. The number of benzene rings is 1. The zero-order valence-corrected chi connectivity index (χ0v) is 12.7. The molecule has 1 fully saturated rings. The molecule has 1 aromatic rings. The standard InChI is InChI=1S/C14H23N3O2S/c1-16-20(18,19)14-9-5-4-8-13(14)17(11-10-15)12-6-2-3-7-12/h4-5,8-9,12,16H,2-3,6-7,10-11,15H2,1H3. The highest BCUT2D eigenvalue weighted by atomic mass is 32.2. The zero-order valence-electron chi connectivity index (χ0n) is 11.9. The van der Waals surface area contributed by atoms with Crippen molar-refractivity contribution in [1.29, 1.82) is 0 Å². The minimum absolute atomic E-state index is 0.336. The molecule has 1 saturated carbocycles. The van der Waals surface area contributed by atoms with Crippen LogP contribution in [0.25, 0.3) is 0 Å². The molecule has 0 heterocycles. The van der Waals surface area contributed by atoms with Crippen LogP contribution in [0.5, 0.6) is 0 Å². The van der Waals surface area contributed by atoms with Crippen LogP contribution in [0.15, 0.2) is 29.2 Å². The fraction of sp³-hybridized carbons (Fsp3) is 0.571. The maximum atomic E-state index is 12.2. The molecule has 0 atom stereocenters. The maximum absolute atomic E-state index is 12.2. The number of nitrogens with zero attached hydrogens (tertiary/aromatic N) is 1. The van der Waals surface area contributed by atoms with Crippen LogP contribution in [0.4, 0.5) is 5.69 Å². The summed E-state index contributed by atoms with van der Waals surface area (Å²) in [5.41, 5.74) is 6.48. The summed E-state index contributed by atoms with van der Waals surface area (Å²) in [6.07, 6.45) is 4.61. The monoisotopic (exact) mass is 297 g/mol. The molecule has 20 heavy (non-hydrogen) atoms. The Kier molecular flexibility index (Phi) is 5.01. The smallest absolute Gasteiger partial charge is 0.242 e. The van der Waals surface area contributed by atoms with E-state index in [2.05, 4.69) is 9.62 Å². The molecule has 0 bridgehead atoms. The molecule has 112 valence electrons. The summed E-state index contributed by atoms with van der Waals surface area (Å²) >= 11 is 0. The number of sulfonamides is 1. The van der Waals surface area contributed by atoms with Crippen molar-refractivity contribution in [1.82, 2.24) is 4.72 Å². The van der Waals surface area contributed by atoms with E-state index in [4.69, 9.17) is 5.73 Å². The van der Waals surface area contributed by atoms with Gasteiger partial charge in [0.2, 0.25) is 10.0 Å². The summed E-state index contributed by atoms with van der Waals surface area (Å²) in [5.74, 6) is 0. The number of hydrogen-bond donors (Lipinski definition) is 2. The van der Waals surface area contributed by atoms with Crippen molar-refractivity contribution in [3.05, 3.63) is 24.3 Å². The predicted octanol–water partition coefficient (Wildman–Crippen LogP) is 1.30. The molecule has 0 aliphatic heterocycles. The molecule has 0 amide bonds. The Morgan fingerprint density at radius 3 is 2.55 bits per heavy atom. The molecule has 5 nitrogen and oxygen atoms in total. The molecule has 3 N–H and O–H groups in total. The van der Waals surface area contributed by atoms with Crippen LogP contribution in [0, 0.1) is 0 Å². The van der Waals surface area contributed by atoms with Gasteiger partial charge in [0.05, 0.1) is 5.69 Å². The number of rotatable bonds is 6. The lowest BCUT2D eigenvalue weighted by molar-refractivity contribution is 0.581. The number of nitrogens with two attached hydrogens (primary N) is 1. The molecule has 1 aliphatic rings. The predicted molar refractivity (Wildman–Crippen MR) is 81.3 cm³/mol. The molecule has 1 aromatic carbocycles. The SMILES string of the molecule is CNS(=O)(=O)c1ccccc1N(CCN)C1CCCC1. The van der Waals surface area contributed by atoms with Gasteiger partial charge in [0.15, 0.2) is 0 Å². The molecule has 0 saturated heterocycles. The van der Waals surface area contributed by atoms with E-state index >= 15 is 0 Å². The number of hydrogen-bond acceptors (Lipinski definition) is 4. The second-order valence-electron chi connectivity index (χ2n) is 5.10. The van der Waals surface area contributed by atoms with Gasteiger partial charge >= 0.3 is 0 Å². The van der Waals surface area contributed by atoms with Crippen LogP contribution in [-0.4, -0.2) is 34.6 Å². The topological polar surface area (TPSA) is 75.4 Å². The average molecular weight is 297 g/mol. The molecule has 1 aliphatic carbocycles. The van der Waals surface area contributed by atoms with Crippen molar-refractivity contribution < 1.29 is 8.42 Å². The Labute approximate surface area is 121 Å². The van der Waals surface area contributed by atoms with Gasteiger partial charge < -0.3 is 10.6 Å². The summed E-state index contributed by atoms with van der Waals surface area (Å²) in [6, 6.07) is 7.55. The van der Waals surface area contributed by atoms with Crippen LogP contribution in [-0.2, 0) is 10.0 Å². The lowest BCUT2D eigenvalue weighted by atomic mass is 10.1. The van der Waals surface area contributed by atoms with Crippen molar-refractivity contribution in [2.45, 2.75) is 36.6 Å². The van der Waals surface area contributed by atoms with Crippen LogP contribution < -0.4 is 15.4 Å². The normalized spacial score (nSPS) is 16.5. The molecular formula is C14H23N3O2S. The molecule has 6 heteroatoms. The van der Waals surface area contributed by atoms with Gasteiger partial charge in [-0.15, -0.1) is 0 Å². The highest BCUT2D eigenvalue weighted by Crippen LogP contribution is 2.32. The van der Waals surface area contributed by atoms with Crippen LogP contribution in [0.2, 0.25) is 0 Å². The van der Waals surface area contributed by atoms with Crippen molar-refractivity contribution in [2.75, 3.05) is 25.0 Å². The third-order valence-corrected chi connectivity index (χ3v) is 5.33. The Balaban J connectivity index is 2.42. The molecule has 0 aromatic heterocycles. The molecule has 2 rings (SSSR count). The van der Waals surface area contributed by atoms with E-state index in [0.29, 0.717) is 24.0 Å². The van der Waals surface area contributed by atoms with Gasteiger partial charge in [-0.3, -0.25) is 0 Å². The summed E-state index contributed by atoms with van der Waals surface area (Å²) in [4.78, 5) is 2.50. The highest BCUT2D eigenvalue weighted by molar-refractivity contribution is 7.89. The first-order chi connectivity index (χ1) is 9.60. The Hall–Kier alpha value is -1.11. The van der Waals surface area contributed by atoms with Crippen LogP contribution in [0.3, 0.4) is 0 Å². The first kappa shape index (κ1) is 15.3. The van der Waals surface area contributed by atoms with Crippen molar-refractivity contribution in [2.24, 2.45) is 5.73 Å². The van der Waals surface area contributed by atoms with E-state index in [1.807, 2.05) is 12.1 Å². The van der Waals surface area contributed by atoms with E-state index in [1.165, 1.54) is 19.9 Å². The van der Waals surface area contributed by atoms with Gasteiger partial charge in [0.1, 0.15) is 4.90 Å². The summed E-state index contributed by atoms with van der Waals surface area (Å²) in [6.45, 7) is 1.20. The minimum Gasteiger partial charge on any atom is -0.366 e. The van der Waals surface area contributed by atoms with E-state index in [9.17, 15) is 8.42 Å². The third-order valence-electron chi connectivity index (χ3n) is 3.87. The molecule has 0 radical (unpaired) electrons. The number of nitrogens with one attached hydrogen (secondary N) is 1. The average Bonchev–Trinajstić information content (AvgIpc) is 2.98.